The van der Waals surface area contributed by atoms with Crippen molar-refractivity contribution in [2.75, 3.05) is 6.54 Å². The van der Waals surface area contributed by atoms with Gasteiger partial charge in [0.05, 0.1) is 0 Å². The Morgan fingerprint density at radius 3 is 2.75 bits per heavy atom. The molecule has 0 aliphatic heterocycles. The molecule has 2 nitrogen and oxygen atoms in total. The van der Waals surface area contributed by atoms with Crippen LogP contribution < -0.4 is 10.1 Å². The van der Waals surface area contributed by atoms with Crippen LogP contribution in [0.4, 0.5) is 0 Å². The fourth-order valence-electron chi connectivity index (χ4n) is 2.99. The Hall–Kier alpha value is -1.02. The third-order valence-corrected chi connectivity index (χ3v) is 4.44. The summed E-state index contributed by atoms with van der Waals surface area (Å²) in [5.41, 5.74) is 2.60. The molecule has 1 aromatic rings. The maximum absolute atomic E-state index is 6.39. The van der Waals surface area contributed by atoms with Crippen molar-refractivity contribution in [2.24, 2.45) is 0 Å². The highest BCUT2D eigenvalue weighted by Gasteiger charge is 2.25. The van der Waals surface area contributed by atoms with E-state index in [1.807, 2.05) is 0 Å². The van der Waals surface area contributed by atoms with Crippen LogP contribution in [0.3, 0.4) is 0 Å². The van der Waals surface area contributed by atoms with Crippen LogP contribution in [0.25, 0.3) is 0 Å². The van der Waals surface area contributed by atoms with E-state index in [-0.39, 0.29) is 0 Å². The number of benzene rings is 1. The van der Waals surface area contributed by atoms with Crippen LogP contribution in [0.1, 0.15) is 56.6 Å². The molecular weight excluding hydrogens is 246 g/mol. The third-order valence-electron chi connectivity index (χ3n) is 4.44. The zero-order valence-electron chi connectivity index (χ0n) is 13.2. The topological polar surface area (TPSA) is 21.3 Å². The van der Waals surface area contributed by atoms with Crippen LogP contribution >= 0.6 is 0 Å². The van der Waals surface area contributed by atoms with Gasteiger partial charge in [0.15, 0.2) is 0 Å². The predicted octanol–water partition coefficient (Wildman–Crippen LogP) is 4.38. The minimum Gasteiger partial charge on any atom is -0.489 e. The van der Waals surface area contributed by atoms with Crippen molar-refractivity contribution in [2.45, 2.75) is 71.4 Å². The first kappa shape index (κ1) is 15.4. The standard InChI is InChI=1S/C18H29NO/c1-4-13-19-16-10-6-5-7-11-18(16)20-17-12-8-9-14(2)15(17)3/h8-9,12,16,18-19H,4-7,10-11,13H2,1-3H3. The van der Waals surface area contributed by atoms with E-state index in [4.69, 9.17) is 4.74 Å². The molecule has 2 atom stereocenters. The average molecular weight is 275 g/mol. The average Bonchev–Trinajstić information content (AvgIpc) is 2.67. The summed E-state index contributed by atoms with van der Waals surface area (Å²) in [7, 11) is 0. The molecule has 20 heavy (non-hydrogen) atoms. The summed E-state index contributed by atoms with van der Waals surface area (Å²) in [5.74, 6) is 1.07. The lowest BCUT2D eigenvalue weighted by Gasteiger charge is -2.28. The van der Waals surface area contributed by atoms with Crippen molar-refractivity contribution in [1.82, 2.24) is 5.32 Å². The van der Waals surface area contributed by atoms with Gasteiger partial charge in [-0.2, -0.15) is 0 Å². The Balaban J connectivity index is 2.08. The molecule has 0 aromatic heterocycles. The molecule has 1 saturated carbocycles. The molecule has 0 saturated heterocycles. The lowest BCUT2D eigenvalue weighted by Crippen LogP contribution is -2.42. The maximum atomic E-state index is 6.39. The summed E-state index contributed by atoms with van der Waals surface area (Å²) >= 11 is 0. The van der Waals surface area contributed by atoms with Crippen LogP contribution in [-0.4, -0.2) is 18.7 Å². The molecule has 2 heteroatoms. The maximum Gasteiger partial charge on any atom is 0.122 e. The van der Waals surface area contributed by atoms with Crippen molar-refractivity contribution in [3.63, 3.8) is 0 Å². The lowest BCUT2D eigenvalue weighted by molar-refractivity contribution is 0.143. The van der Waals surface area contributed by atoms with Crippen LogP contribution in [0, 0.1) is 13.8 Å². The lowest BCUT2D eigenvalue weighted by atomic mass is 10.0. The van der Waals surface area contributed by atoms with Gasteiger partial charge in [0.1, 0.15) is 11.9 Å². The van der Waals surface area contributed by atoms with E-state index in [9.17, 15) is 0 Å². The normalized spacial score (nSPS) is 23.4. The van der Waals surface area contributed by atoms with Crippen molar-refractivity contribution < 1.29 is 4.74 Å². The number of ether oxygens (including phenoxy) is 1. The van der Waals surface area contributed by atoms with E-state index in [0.717, 1.165) is 12.3 Å². The molecule has 1 N–H and O–H groups in total. The molecule has 2 unspecified atom stereocenters. The molecule has 0 spiro atoms. The van der Waals surface area contributed by atoms with Crippen molar-refractivity contribution >= 4 is 0 Å². The van der Waals surface area contributed by atoms with E-state index in [1.165, 1.54) is 49.7 Å². The zero-order valence-corrected chi connectivity index (χ0v) is 13.2. The summed E-state index contributed by atoms with van der Waals surface area (Å²) in [4.78, 5) is 0. The van der Waals surface area contributed by atoms with Gasteiger partial charge in [0.2, 0.25) is 0 Å². The van der Waals surface area contributed by atoms with Gasteiger partial charge in [-0.1, -0.05) is 31.9 Å². The van der Waals surface area contributed by atoms with Gasteiger partial charge in [-0.05, 0) is 63.3 Å². The monoisotopic (exact) mass is 275 g/mol. The van der Waals surface area contributed by atoms with Crippen LogP contribution in [0.15, 0.2) is 18.2 Å². The fraction of sp³-hybridized carbons (Fsp3) is 0.667. The number of rotatable bonds is 5. The highest BCUT2D eigenvalue weighted by Crippen LogP contribution is 2.27. The summed E-state index contributed by atoms with van der Waals surface area (Å²) in [6.45, 7) is 7.64. The molecule has 112 valence electrons. The largest absolute Gasteiger partial charge is 0.489 e. The number of hydrogen-bond donors (Lipinski definition) is 1. The molecule has 1 aromatic carbocycles. The van der Waals surface area contributed by atoms with Crippen molar-refractivity contribution in [3.8, 4) is 5.75 Å². The van der Waals surface area contributed by atoms with E-state index in [0.29, 0.717) is 12.1 Å². The molecule has 0 amide bonds. The van der Waals surface area contributed by atoms with E-state index in [2.05, 4.69) is 44.3 Å². The molecule has 2 rings (SSSR count). The number of aryl methyl sites for hydroxylation is 1. The van der Waals surface area contributed by atoms with Crippen LogP contribution in [0.2, 0.25) is 0 Å². The molecule has 0 bridgehead atoms. The first-order valence-corrected chi connectivity index (χ1v) is 8.18. The second-order valence-corrected chi connectivity index (χ2v) is 6.05. The molecule has 1 aliphatic carbocycles. The highest BCUT2D eigenvalue weighted by molar-refractivity contribution is 5.38. The van der Waals surface area contributed by atoms with Crippen LogP contribution in [0.5, 0.6) is 5.75 Å². The molecular formula is C18H29NO. The second kappa shape index (κ2) is 7.68. The van der Waals surface area contributed by atoms with Gasteiger partial charge >= 0.3 is 0 Å². The van der Waals surface area contributed by atoms with E-state index in [1.54, 1.807) is 0 Å². The minimum absolute atomic E-state index is 0.324. The van der Waals surface area contributed by atoms with Crippen LogP contribution in [-0.2, 0) is 0 Å². The van der Waals surface area contributed by atoms with E-state index >= 15 is 0 Å². The summed E-state index contributed by atoms with van der Waals surface area (Å²) in [6.07, 6.45) is 7.89. The number of hydrogen-bond acceptors (Lipinski definition) is 2. The molecule has 1 fully saturated rings. The Morgan fingerprint density at radius 1 is 1.15 bits per heavy atom. The first-order chi connectivity index (χ1) is 9.72. The van der Waals surface area contributed by atoms with Gasteiger partial charge in [0, 0.05) is 6.04 Å². The quantitative estimate of drug-likeness (QED) is 0.805. The molecule has 0 heterocycles. The van der Waals surface area contributed by atoms with Gasteiger partial charge in [-0.15, -0.1) is 0 Å². The summed E-state index contributed by atoms with van der Waals surface area (Å²) < 4.78 is 6.39. The van der Waals surface area contributed by atoms with Crippen molar-refractivity contribution in [1.29, 1.82) is 0 Å². The number of nitrogens with one attached hydrogen (secondary N) is 1. The SMILES string of the molecule is CCCNC1CCCCCC1Oc1cccc(C)c1C. The summed E-state index contributed by atoms with van der Waals surface area (Å²) in [6, 6.07) is 6.88. The Bertz CT molecular complexity index is 416. The minimum atomic E-state index is 0.324. The smallest absolute Gasteiger partial charge is 0.122 e. The second-order valence-electron chi connectivity index (χ2n) is 6.05. The van der Waals surface area contributed by atoms with Gasteiger partial charge < -0.3 is 10.1 Å². The Kier molecular flexibility index (Phi) is 5.90. The first-order valence-electron chi connectivity index (χ1n) is 8.18. The summed E-state index contributed by atoms with van der Waals surface area (Å²) in [5, 5.41) is 3.69. The Morgan fingerprint density at radius 2 is 1.95 bits per heavy atom. The fourth-order valence-corrected chi connectivity index (χ4v) is 2.99. The Labute approximate surface area is 123 Å². The predicted molar refractivity (Wildman–Crippen MR) is 85.5 cm³/mol. The van der Waals surface area contributed by atoms with Gasteiger partial charge in [0.25, 0.3) is 0 Å². The zero-order chi connectivity index (χ0) is 14.4. The van der Waals surface area contributed by atoms with E-state index < -0.39 is 0 Å². The highest BCUT2D eigenvalue weighted by atomic mass is 16.5. The molecule has 0 radical (unpaired) electrons. The molecule has 1 aliphatic rings. The third kappa shape index (κ3) is 3.99. The van der Waals surface area contributed by atoms with Gasteiger partial charge in [-0.3, -0.25) is 0 Å². The van der Waals surface area contributed by atoms with Gasteiger partial charge in [-0.25, -0.2) is 0 Å². The van der Waals surface area contributed by atoms with Crippen molar-refractivity contribution in [3.05, 3.63) is 29.3 Å².